The maximum absolute atomic E-state index is 10.0. The highest BCUT2D eigenvalue weighted by molar-refractivity contribution is 5.18. The third-order valence-corrected chi connectivity index (χ3v) is 5.47. The topological polar surface area (TPSA) is 156 Å². The molecule has 0 saturated carbocycles. The fourth-order valence-electron chi connectivity index (χ4n) is 3.64. The minimum atomic E-state index is -1.33. The number of hydrogen-bond acceptors (Lipinski definition) is 9. The Kier molecular flexibility index (Phi) is 8.90. The number of rotatable bonds is 11. The molecule has 0 radical (unpaired) electrons. The van der Waals surface area contributed by atoms with E-state index in [1.165, 1.54) is 0 Å². The maximum Gasteiger partial charge on any atom is 0.111 e. The minimum absolute atomic E-state index is 0.168. The number of benzene rings is 1. The van der Waals surface area contributed by atoms with Gasteiger partial charge in [-0.25, -0.2) is 0 Å². The number of ether oxygens (including phenoxy) is 2. The molecule has 0 spiro atoms. The van der Waals surface area contributed by atoms with Crippen LogP contribution in [0, 0.1) is 0 Å². The van der Waals surface area contributed by atoms with Gasteiger partial charge in [-0.2, -0.15) is 0 Å². The molecule has 6 atom stereocenters. The Balaban J connectivity index is 1.33. The molecule has 0 bridgehead atoms. The van der Waals surface area contributed by atoms with Gasteiger partial charge in [0.2, 0.25) is 0 Å². The Morgan fingerprint density at radius 1 is 1.06 bits per heavy atom. The summed E-state index contributed by atoms with van der Waals surface area (Å²) in [5, 5.41) is 47.1. The molecular formula is C21H32N4O6. The number of hydrogen-bond donors (Lipinski definition) is 5. The molecule has 6 N–H and O–H groups in total. The average molecular weight is 437 g/mol. The Hall–Kier alpha value is -1.92. The van der Waals surface area contributed by atoms with Crippen LogP contribution in [-0.4, -0.2) is 79.2 Å². The van der Waals surface area contributed by atoms with E-state index < -0.39 is 37.1 Å². The molecule has 1 aromatic heterocycles. The number of aliphatic hydroxyl groups excluding tert-OH is 4. The van der Waals surface area contributed by atoms with Crippen molar-refractivity contribution in [3.63, 3.8) is 0 Å². The summed E-state index contributed by atoms with van der Waals surface area (Å²) >= 11 is 0. The molecule has 0 aliphatic carbocycles. The normalized spacial score (nSPS) is 27.3. The van der Waals surface area contributed by atoms with E-state index >= 15 is 0 Å². The fourth-order valence-corrected chi connectivity index (χ4v) is 3.64. The summed E-state index contributed by atoms with van der Waals surface area (Å²) in [6.07, 6.45) is -1.61. The van der Waals surface area contributed by atoms with Gasteiger partial charge in [0.25, 0.3) is 0 Å². The minimum Gasteiger partial charge on any atom is -0.394 e. The van der Waals surface area contributed by atoms with Crippen LogP contribution in [-0.2, 0) is 22.6 Å². The summed E-state index contributed by atoms with van der Waals surface area (Å²) < 4.78 is 12.8. The van der Waals surface area contributed by atoms with Gasteiger partial charge in [0.15, 0.2) is 0 Å². The lowest BCUT2D eigenvalue weighted by Gasteiger charge is -2.40. The van der Waals surface area contributed by atoms with E-state index in [1.807, 2.05) is 36.5 Å². The predicted molar refractivity (Wildman–Crippen MR) is 111 cm³/mol. The van der Waals surface area contributed by atoms with Crippen LogP contribution in [0.15, 0.2) is 36.5 Å². The summed E-state index contributed by atoms with van der Waals surface area (Å²) in [6, 6.07) is 9.65. The second kappa shape index (κ2) is 11.6. The molecule has 31 heavy (non-hydrogen) atoms. The van der Waals surface area contributed by atoms with Gasteiger partial charge in [-0.15, -0.1) is 5.10 Å². The van der Waals surface area contributed by atoms with Crippen LogP contribution in [0.25, 0.3) is 0 Å². The van der Waals surface area contributed by atoms with Gasteiger partial charge in [0, 0.05) is 12.6 Å². The summed E-state index contributed by atoms with van der Waals surface area (Å²) in [5.41, 5.74) is 7.96. The molecule has 3 rings (SSSR count). The maximum atomic E-state index is 10.0. The van der Waals surface area contributed by atoms with Crippen molar-refractivity contribution < 1.29 is 29.9 Å². The van der Waals surface area contributed by atoms with Crippen molar-refractivity contribution in [1.82, 2.24) is 15.0 Å². The van der Waals surface area contributed by atoms with Crippen LogP contribution in [0.3, 0.4) is 0 Å². The van der Waals surface area contributed by atoms with Gasteiger partial charge in [-0.3, -0.25) is 4.68 Å². The second-order valence-electron chi connectivity index (χ2n) is 7.86. The molecular weight excluding hydrogens is 404 g/mol. The standard InChI is InChI=1S/C21H32N4O6/c22-16(14-6-2-1-3-7-14)11-25-10-15(23-24-25)13-30-9-5-4-8-17-19(27)21(29)20(28)18(12-26)31-17/h1-3,6-7,10,16-21,26-29H,4-5,8-9,11-13,22H2. The molecule has 0 amide bonds. The number of nitrogens with zero attached hydrogens (tertiary/aromatic N) is 3. The van der Waals surface area contributed by atoms with Crippen molar-refractivity contribution in [1.29, 1.82) is 0 Å². The second-order valence-corrected chi connectivity index (χ2v) is 7.86. The van der Waals surface area contributed by atoms with Crippen LogP contribution in [0.5, 0.6) is 0 Å². The molecule has 2 aromatic rings. The van der Waals surface area contributed by atoms with Crippen LogP contribution >= 0.6 is 0 Å². The fraction of sp³-hybridized carbons (Fsp3) is 0.619. The molecule has 1 saturated heterocycles. The highest BCUT2D eigenvalue weighted by Gasteiger charge is 2.42. The van der Waals surface area contributed by atoms with Crippen LogP contribution in [0.2, 0.25) is 0 Å². The first-order valence-electron chi connectivity index (χ1n) is 10.6. The molecule has 6 unspecified atom stereocenters. The van der Waals surface area contributed by atoms with E-state index in [4.69, 9.17) is 15.2 Å². The zero-order valence-electron chi connectivity index (χ0n) is 17.4. The third-order valence-electron chi connectivity index (χ3n) is 5.47. The van der Waals surface area contributed by atoms with Crippen molar-refractivity contribution in [2.45, 2.75) is 69.0 Å². The lowest BCUT2D eigenvalue weighted by Crippen LogP contribution is -2.58. The van der Waals surface area contributed by atoms with Crippen molar-refractivity contribution >= 4 is 0 Å². The van der Waals surface area contributed by atoms with E-state index in [9.17, 15) is 20.4 Å². The highest BCUT2D eigenvalue weighted by atomic mass is 16.5. The molecule has 10 heteroatoms. The molecule has 172 valence electrons. The Morgan fingerprint density at radius 2 is 1.81 bits per heavy atom. The summed E-state index contributed by atoms with van der Waals surface area (Å²) in [7, 11) is 0. The van der Waals surface area contributed by atoms with Crippen LogP contribution in [0.1, 0.15) is 36.6 Å². The van der Waals surface area contributed by atoms with Gasteiger partial charge < -0.3 is 35.6 Å². The smallest absolute Gasteiger partial charge is 0.111 e. The zero-order chi connectivity index (χ0) is 22.2. The summed E-state index contributed by atoms with van der Waals surface area (Å²) in [5.74, 6) is 0. The average Bonchev–Trinajstić information content (AvgIpc) is 3.23. The summed E-state index contributed by atoms with van der Waals surface area (Å²) in [6.45, 7) is 0.937. The highest BCUT2D eigenvalue weighted by Crippen LogP contribution is 2.24. The Bertz CT molecular complexity index is 774. The SMILES string of the molecule is NC(Cn1cc(COCCCCC2OC(CO)C(O)C(O)C2O)nn1)c1ccccc1. The molecule has 1 aromatic carbocycles. The van der Waals surface area contributed by atoms with Crippen molar-refractivity contribution in [3.05, 3.63) is 47.8 Å². The van der Waals surface area contributed by atoms with E-state index in [0.717, 1.165) is 12.0 Å². The quantitative estimate of drug-likeness (QED) is 0.293. The van der Waals surface area contributed by atoms with E-state index in [1.54, 1.807) is 4.68 Å². The van der Waals surface area contributed by atoms with E-state index in [-0.39, 0.29) is 6.04 Å². The molecule has 1 aliphatic heterocycles. The lowest BCUT2D eigenvalue weighted by atomic mass is 9.92. The van der Waals surface area contributed by atoms with Gasteiger partial charge in [0.05, 0.1) is 32.1 Å². The first-order chi connectivity index (χ1) is 15.0. The summed E-state index contributed by atoms with van der Waals surface area (Å²) in [4.78, 5) is 0. The molecule has 1 fully saturated rings. The Morgan fingerprint density at radius 3 is 2.55 bits per heavy atom. The molecule has 10 nitrogen and oxygen atoms in total. The van der Waals surface area contributed by atoms with Gasteiger partial charge >= 0.3 is 0 Å². The zero-order valence-corrected chi connectivity index (χ0v) is 17.4. The number of unbranched alkanes of at least 4 members (excludes halogenated alkanes) is 1. The van der Waals surface area contributed by atoms with Gasteiger partial charge in [0.1, 0.15) is 30.1 Å². The predicted octanol–water partition coefficient (Wildman–Crippen LogP) is -0.493. The van der Waals surface area contributed by atoms with Crippen LogP contribution < -0.4 is 5.73 Å². The monoisotopic (exact) mass is 436 g/mol. The lowest BCUT2D eigenvalue weighted by molar-refractivity contribution is -0.230. The van der Waals surface area contributed by atoms with Gasteiger partial charge in [-0.1, -0.05) is 35.5 Å². The van der Waals surface area contributed by atoms with Crippen molar-refractivity contribution in [3.8, 4) is 0 Å². The van der Waals surface area contributed by atoms with E-state index in [2.05, 4.69) is 10.3 Å². The number of aliphatic hydroxyl groups is 4. The molecule has 1 aliphatic rings. The first kappa shape index (κ1) is 23.7. The van der Waals surface area contributed by atoms with Crippen LogP contribution in [0.4, 0.5) is 0 Å². The van der Waals surface area contributed by atoms with Crippen molar-refractivity contribution in [2.24, 2.45) is 5.73 Å². The number of nitrogens with two attached hydrogens (primary N) is 1. The number of aromatic nitrogens is 3. The molecule has 2 heterocycles. The van der Waals surface area contributed by atoms with E-state index in [0.29, 0.717) is 38.3 Å². The van der Waals surface area contributed by atoms with Crippen molar-refractivity contribution in [2.75, 3.05) is 13.2 Å². The van der Waals surface area contributed by atoms with Gasteiger partial charge in [-0.05, 0) is 24.8 Å². The Labute approximate surface area is 181 Å². The third kappa shape index (κ3) is 6.53. The first-order valence-corrected chi connectivity index (χ1v) is 10.6. The largest absolute Gasteiger partial charge is 0.394 e.